The minimum absolute atomic E-state index is 0.0189. The van der Waals surface area contributed by atoms with Gasteiger partial charge in [0.15, 0.2) is 0 Å². The van der Waals surface area contributed by atoms with Crippen LogP contribution in [0.4, 0.5) is 0 Å². The van der Waals surface area contributed by atoms with Gasteiger partial charge in [0.2, 0.25) is 5.91 Å². The Bertz CT molecular complexity index is 728. The van der Waals surface area contributed by atoms with E-state index in [4.69, 9.17) is 4.74 Å². The van der Waals surface area contributed by atoms with Crippen LogP contribution in [0.1, 0.15) is 30.0 Å². The number of carboxylic acid groups (broad SMARTS) is 1. The molecule has 6 heteroatoms. The second-order valence-electron chi connectivity index (χ2n) is 5.82. The van der Waals surface area contributed by atoms with Crippen LogP contribution in [0.5, 0.6) is 5.75 Å². The first-order valence-electron chi connectivity index (χ1n) is 7.78. The summed E-state index contributed by atoms with van der Waals surface area (Å²) in [5, 5.41) is 13.6. The van der Waals surface area contributed by atoms with Crippen molar-refractivity contribution in [3.8, 4) is 5.75 Å². The number of nitrogens with zero attached hydrogens (tertiary/aromatic N) is 1. The molecule has 0 bridgehead atoms. The van der Waals surface area contributed by atoms with Crippen molar-refractivity contribution < 1.29 is 19.4 Å². The number of piperidine rings is 1. The largest absolute Gasteiger partial charge is 0.496 e. The Balaban J connectivity index is 2.04. The van der Waals surface area contributed by atoms with E-state index in [1.807, 2.05) is 35.0 Å². The molecule has 1 N–H and O–H groups in total. The lowest BCUT2D eigenvalue weighted by atomic mass is 9.83. The minimum Gasteiger partial charge on any atom is -0.496 e. The first-order chi connectivity index (χ1) is 11.6. The number of ether oxygens (including phenoxy) is 1. The monoisotopic (exact) mass is 345 g/mol. The normalized spacial score (nSPS) is 20.9. The third-order valence-electron chi connectivity index (χ3n) is 4.41. The third-order valence-corrected chi connectivity index (χ3v) is 5.15. The molecule has 0 saturated carbocycles. The summed E-state index contributed by atoms with van der Waals surface area (Å²) in [6.07, 6.45) is 0.601. The van der Waals surface area contributed by atoms with Gasteiger partial charge in [-0.15, -0.1) is 0 Å². The number of carboxylic acids is 1. The predicted molar refractivity (Wildman–Crippen MR) is 91.0 cm³/mol. The molecule has 1 aliphatic rings. The van der Waals surface area contributed by atoms with E-state index in [0.717, 1.165) is 11.1 Å². The highest BCUT2D eigenvalue weighted by Crippen LogP contribution is 2.41. The molecule has 0 spiro atoms. The van der Waals surface area contributed by atoms with E-state index in [-0.39, 0.29) is 12.3 Å². The zero-order valence-electron chi connectivity index (χ0n) is 13.3. The molecule has 0 aliphatic carbocycles. The van der Waals surface area contributed by atoms with Crippen molar-refractivity contribution in [3.05, 3.63) is 52.2 Å². The molecule has 2 atom stereocenters. The third kappa shape index (κ3) is 3.14. The number of benzene rings is 1. The molecule has 1 fully saturated rings. The van der Waals surface area contributed by atoms with Crippen LogP contribution in [0, 0.1) is 5.92 Å². The zero-order valence-corrected chi connectivity index (χ0v) is 14.2. The number of aliphatic carboxylic acids is 1. The molecule has 3 rings (SSSR count). The molecule has 24 heavy (non-hydrogen) atoms. The fraction of sp³-hybridized carbons (Fsp3) is 0.333. The van der Waals surface area contributed by atoms with E-state index in [0.29, 0.717) is 18.7 Å². The maximum atomic E-state index is 12.6. The van der Waals surface area contributed by atoms with Gasteiger partial charge in [-0.1, -0.05) is 18.2 Å². The van der Waals surface area contributed by atoms with Crippen LogP contribution in [0.3, 0.4) is 0 Å². The lowest BCUT2D eigenvalue weighted by Gasteiger charge is -2.40. The lowest BCUT2D eigenvalue weighted by Crippen LogP contribution is -2.44. The molecule has 1 aromatic heterocycles. The number of thiophene rings is 1. The Morgan fingerprint density at radius 3 is 2.83 bits per heavy atom. The Labute approximate surface area is 144 Å². The van der Waals surface area contributed by atoms with Crippen LogP contribution in [-0.4, -0.2) is 29.0 Å². The van der Waals surface area contributed by atoms with Gasteiger partial charge in [0.1, 0.15) is 5.75 Å². The molecule has 5 nitrogen and oxygen atoms in total. The van der Waals surface area contributed by atoms with Gasteiger partial charge in [0, 0.05) is 18.5 Å². The summed E-state index contributed by atoms with van der Waals surface area (Å²) in [7, 11) is 1.56. The number of rotatable bonds is 5. The molecule has 1 aliphatic heterocycles. The quantitative estimate of drug-likeness (QED) is 0.903. The van der Waals surface area contributed by atoms with E-state index in [1.165, 1.54) is 0 Å². The van der Waals surface area contributed by atoms with Crippen LogP contribution in [-0.2, 0) is 16.1 Å². The Morgan fingerprint density at radius 1 is 1.38 bits per heavy atom. The highest BCUT2D eigenvalue weighted by Gasteiger charge is 2.41. The summed E-state index contributed by atoms with van der Waals surface area (Å²) >= 11 is 1.56. The number of likely N-dealkylation sites (tertiary alicyclic amines) is 1. The van der Waals surface area contributed by atoms with Crippen molar-refractivity contribution in [2.75, 3.05) is 7.11 Å². The van der Waals surface area contributed by atoms with Crippen LogP contribution >= 0.6 is 11.3 Å². The summed E-state index contributed by atoms with van der Waals surface area (Å²) in [5.41, 5.74) is 1.76. The Kier molecular flexibility index (Phi) is 4.85. The van der Waals surface area contributed by atoms with Gasteiger partial charge < -0.3 is 14.7 Å². The number of amides is 1. The van der Waals surface area contributed by atoms with Gasteiger partial charge in [-0.2, -0.15) is 11.3 Å². The molecule has 2 heterocycles. The topological polar surface area (TPSA) is 66.8 Å². The molecule has 1 aromatic carbocycles. The summed E-state index contributed by atoms with van der Waals surface area (Å²) in [5.74, 6) is -0.931. The van der Waals surface area contributed by atoms with Gasteiger partial charge >= 0.3 is 5.97 Å². The predicted octanol–water partition coefficient (Wildman–Crippen LogP) is 3.32. The number of carbonyl (C=O) groups excluding carboxylic acids is 1. The first-order valence-corrected chi connectivity index (χ1v) is 8.72. The molecule has 0 unspecified atom stereocenters. The number of hydrogen-bond acceptors (Lipinski definition) is 4. The lowest BCUT2D eigenvalue weighted by molar-refractivity contribution is -0.152. The van der Waals surface area contributed by atoms with E-state index < -0.39 is 17.9 Å². The second kappa shape index (κ2) is 7.05. The zero-order chi connectivity index (χ0) is 17.1. The minimum atomic E-state index is -0.881. The Morgan fingerprint density at radius 2 is 2.17 bits per heavy atom. The molecular weight excluding hydrogens is 326 g/mol. The van der Waals surface area contributed by atoms with E-state index in [1.54, 1.807) is 29.4 Å². The average Bonchev–Trinajstić information content (AvgIpc) is 3.09. The van der Waals surface area contributed by atoms with E-state index in [2.05, 4.69) is 0 Å². The summed E-state index contributed by atoms with van der Waals surface area (Å²) in [4.78, 5) is 26.1. The molecule has 126 valence electrons. The van der Waals surface area contributed by atoms with Crippen LogP contribution in [0.15, 0.2) is 41.1 Å². The molecule has 0 radical (unpaired) electrons. The van der Waals surface area contributed by atoms with Crippen molar-refractivity contribution in [3.63, 3.8) is 0 Å². The van der Waals surface area contributed by atoms with Crippen LogP contribution in [0.25, 0.3) is 0 Å². The van der Waals surface area contributed by atoms with Crippen molar-refractivity contribution in [2.24, 2.45) is 5.92 Å². The van der Waals surface area contributed by atoms with Crippen molar-refractivity contribution in [1.29, 1.82) is 0 Å². The van der Waals surface area contributed by atoms with Gasteiger partial charge in [-0.3, -0.25) is 9.59 Å². The summed E-state index contributed by atoms with van der Waals surface area (Å²) < 4.78 is 5.42. The molecular formula is C18H19NO4S. The molecule has 2 aromatic rings. The number of methoxy groups -OCH3 is 1. The smallest absolute Gasteiger partial charge is 0.308 e. The Hall–Kier alpha value is -2.34. The average molecular weight is 345 g/mol. The van der Waals surface area contributed by atoms with Crippen LogP contribution < -0.4 is 4.74 Å². The summed E-state index contributed by atoms with van der Waals surface area (Å²) in [6, 6.07) is 8.76. The fourth-order valence-electron chi connectivity index (χ4n) is 3.27. The maximum absolute atomic E-state index is 12.6. The second-order valence-corrected chi connectivity index (χ2v) is 6.60. The van der Waals surface area contributed by atoms with Crippen molar-refractivity contribution >= 4 is 23.2 Å². The highest BCUT2D eigenvalue weighted by molar-refractivity contribution is 7.07. The number of para-hydroxylation sites is 1. The van der Waals surface area contributed by atoms with Crippen LogP contribution in [0.2, 0.25) is 0 Å². The van der Waals surface area contributed by atoms with E-state index in [9.17, 15) is 14.7 Å². The number of carbonyl (C=O) groups is 2. The number of hydrogen-bond donors (Lipinski definition) is 1. The molecule has 1 amide bonds. The first kappa shape index (κ1) is 16.5. The van der Waals surface area contributed by atoms with Crippen molar-refractivity contribution in [1.82, 2.24) is 4.90 Å². The van der Waals surface area contributed by atoms with Gasteiger partial charge in [-0.25, -0.2) is 0 Å². The summed E-state index contributed by atoms with van der Waals surface area (Å²) in [6.45, 7) is 0.412. The van der Waals surface area contributed by atoms with Gasteiger partial charge in [0.05, 0.1) is 19.1 Å². The van der Waals surface area contributed by atoms with Crippen molar-refractivity contribution in [2.45, 2.75) is 25.4 Å². The van der Waals surface area contributed by atoms with Gasteiger partial charge in [0.25, 0.3) is 0 Å². The fourth-order valence-corrected chi connectivity index (χ4v) is 3.93. The SMILES string of the molecule is COc1ccccc1[C@H]1[C@@H](C(=O)O)CCC(=O)N1Cc1ccsc1. The highest BCUT2D eigenvalue weighted by atomic mass is 32.1. The standard InChI is InChI=1S/C18H19NO4S/c1-23-15-5-3-2-4-13(15)17-14(18(21)22)6-7-16(20)19(17)10-12-8-9-24-11-12/h2-5,8-9,11,14,17H,6-7,10H2,1H3,(H,21,22)/t14-,17-/m0/s1. The van der Waals surface area contributed by atoms with E-state index >= 15 is 0 Å². The maximum Gasteiger partial charge on any atom is 0.308 e. The molecule has 1 saturated heterocycles. The van der Waals surface area contributed by atoms with Gasteiger partial charge in [-0.05, 0) is 34.9 Å².